The highest BCUT2D eigenvalue weighted by Gasteiger charge is 2.22. The minimum Gasteiger partial charge on any atom is -0.476 e. The van der Waals surface area contributed by atoms with Crippen molar-refractivity contribution in [2.24, 2.45) is 5.92 Å². The quantitative estimate of drug-likeness (QED) is 0.854. The SMILES string of the molecule is Clc1cnc(N2CCCC(COc3ncccc3Cl)C2)nc1. The summed E-state index contributed by atoms with van der Waals surface area (Å²) in [6, 6.07) is 3.56. The van der Waals surface area contributed by atoms with Gasteiger partial charge in [-0.1, -0.05) is 23.2 Å². The van der Waals surface area contributed by atoms with Gasteiger partial charge in [0.05, 0.1) is 24.0 Å². The Morgan fingerprint density at radius 2 is 2.05 bits per heavy atom. The van der Waals surface area contributed by atoms with Crippen molar-refractivity contribution in [2.75, 3.05) is 24.6 Å². The van der Waals surface area contributed by atoms with Crippen LogP contribution in [0.1, 0.15) is 12.8 Å². The molecule has 0 aromatic carbocycles. The van der Waals surface area contributed by atoms with Crippen LogP contribution in [-0.2, 0) is 0 Å². The highest BCUT2D eigenvalue weighted by molar-refractivity contribution is 6.31. The largest absolute Gasteiger partial charge is 0.476 e. The number of pyridine rings is 1. The maximum absolute atomic E-state index is 6.05. The normalized spacial score (nSPS) is 18.3. The van der Waals surface area contributed by atoms with Crippen LogP contribution >= 0.6 is 23.2 Å². The van der Waals surface area contributed by atoms with Crippen LogP contribution in [0.2, 0.25) is 10.0 Å². The molecule has 3 heterocycles. The van der Waals surface area contributed by atoms with Gasteiger partial charge in [-0.05, 0) is 25.0 Å². The summed E-state index contributed by atoms with van der Waals surface area (Å²) < 4.78 is 5.75. The van der Waals surface area contributed by atoms with Gasteiger partial charge in [-0.2, -0.15) is 0 Å². The second-order valence-corrected chi connectivity index (χ2v) is 6.10. The highest BCUT2D eigenvalue weighted by atomic mass is 35.5. The molecule has 2 aromatic rings. The van der Waals surface area contributed by atoms with Crippen LogP contribution in [0.15, 0.2) is 30.7 Å². The van der Waals surface area contributed by atoms with Gasteiger partial charge in [-0.3, -0.25) is 0 Å². The molecule has 1 unspecified atom stereocenters. The van der Waals surface area contributed by atoms with E-state index in [0.29, 0.717) is 34.4 Å². The smallest absolute Gasteiger partial charge is 0.232 e. The van der Waals surface area contributed by atoms with E-state index >= 15 is 0 Å². The average molecular weight is 339 g/mol. The molecule has 0 amide bonds. The van der Waals surface area contributed by atoms with E-state index in [4.69, 9.17) is 27.9 Å². The number of rotatable bonds is 4. The molecule has 0 bridgehead atoms. The molecule has 1 atom stereocenters. The topological polar surface area (TPSA) is 51.1 Å². The summed E-state index contributed by atoms with van der Waals surface area (Å²) in [6.07, 6.45) is 7.11. The molecule has 1 aliphatic heterocycles. The maximum atomic E-state index is 6.05. The molecule has 0 N–H and O–H groups in total. The predicted molar refractivity (Wildman–Crippen MR) is 86.7 cm³/mol. The Morgan fingerprint density at radius 3 is 2.82 bits per heavy atom. The highest BCUT2D eigenvalue weighted by Crippen LogP contribution is 2.24. The van der Waals surface area contributed by atoms with Crippen molar-refractivity contribution in [3.05, 3.63) is 40.8 Å². The summed E-state index contributed by atoms with van der Waals surface area (Å²) in [6.45, 7) is 2.38. The van der Waals surface area contributed by atoms with E-state index in [1.54, 1.807) is 30.7 Å². The third-order valence-electron chi connectivity index (χ3n) is 3.59. The van der Waals surface area contributed by atoms with Crippen molar-refractivity contribution < 1.29 is 4.74 Å². The lowest BCUT2D eigenvalue weighted by atomic mass is 9.99. The first-order valence-corrected chi connectivity index (χ1v) is 7.94. The van der Waals surface area contributed by atoms with Crippen molar-refractivity contribution in [3.8, 4) is 5.88 Å². The summed E-state index contributed by atoms with van der Waals surface area (Å²) in [7, 11) is 0. The van der Waals surface area contributed by atoms with Crippen LogP contribution in [0.3, 0.4) is 0 Å². The Hall–Kier alpha value is -1.59. The van der Waals surface area contributed by atoms with Gasteiger partial charge in [0.1, 0.15) is 5.02 Å². The van der Waals surface area contributed by atoms with Crippen molar-refractivity contribution in [1.29, 1.82) is 0 Å². The van der Waals surface area contributed by atoms with Crippen molar-refractivity contribution in [2.45, 2.75) is 12.8 Å². The Morgan fingerprint density at radius 1 is 1.23 bits per heavy atom. The first-order chi connectivity index (χ1) is 10.7. The third-order valence-corrected chi connectivity index (χ3v) is 4.07. The second kappa shape index (κ2) is 7.11. The lowest BCUT2D eigenvalue weighted by Crippen LogP contribution is -2.38. The Kier molecular flexibility index (Phi) is 4.95. The summed E-state index contributed by atoms with van der Waals surface area (Å²) in [5.41, 5.74) is 0. The molecule has 1 fully saturated rings. The van der Waals surface area contributed by atoms with E-state index in [2.05, 4.69) is 19.9 Å². The van der Waals surface area contributed by atoms with Gasteiger partial charge < -0.3 is 9.64 Å². The maximum Gasteiger partial charge on any atom is 0.232 e. The molecule has 7 heteroatoms. The van der Waals surface area contributed by atoms with Crippen LogP contribution < -0.4 is 9.64 Å². The molecule has 3 rings (SSSR count). The number of aromatic nitrogens is 3. The molecule has 22 heavy (non-hydrogen) atoms. The minimum absolute atomic E-state index is 0.395. The van der Waals surface area contributed by atoms with Gasteiger partial charge in [-0.25, -0.2) is 15.0 Å². The fraction of sp³-hybridized carbons (Fsp3) is 0.400. The third kappa shape index (κ3) is 3.78. The molecule has 1 aliphatic rings. The van der Waals surface area contributed by atoms with Crippen LogP contribution in [0.5, 0.6) is 5.88 Å². The summed E-state index contributed by atoms with van der Waals surface area (Å²) in [5, 5.41) is 1.08. The fourth-order valence-electron chi connectivity index (χ4n) is 2.53. The number of hydrogen-bond acceptors (Lipinski definition) is 5. The van der Waals surface area contributed by atoms with Crippen molar-refractivity contribution in [3.63, 3.8) is 0 Å². The van der Waals surface area contributed by atoms with Crippen LogP contribution in [-0.4, -0.2) is 34.6 Å². The Labute approximate surface area is 139 Å². The molecule has 0 aliphatic carbocycles. The Bertz CT molecular complexity index is 623. The number of ether oxygens (including phenoxy) is 1. The van der Waals surface area contributed by atoms with E-state index in [-0.39, 0.29) is 0 Å². The number of piperidine rings is 1. The molecule has 0 saturated carbocycles. The number of hydrogen-bond donors (Lipinski definition) is 0. The lowest BCUT2D eigenvalue weighted by Gasteiger charge is -2.32. The van der Waals surface area contributed by atoms with Gasteiger partial charge in [0.25, 0.3) is 0 Å². The zero-order valence-electron chi connectivity index (χ0n) is 12.0. The number of halogens is 2. The van der Waals surface area contributed by atoms with Gasteiger partial charge in [0.15, 0.2) is 0 Å². The van der Waals surface area contributed by atoms with E-state index in [0.717, 1.165) is 25.9 Å². The standard InChI is InChI=1S/C15H16Cl2N4O/c16-12-7-19-15(20-8-12)21-6-2-3-11(9-21)10-22-14-13(17)4-1-5-18-14/h1,4-5,7-8,11H,2-3,6,9-10H2. The summed E-state index contributed by atoms with van der Waals surface area (Å²) in [5.74, 6) is 1.60. The molecule has 5 nitrogen and oxygen atoms in total. The molecular weight excluding hydrogens is 323 g/mol. The lowest BCUT2D eigenvalue weighted by molar-refractivity contribution is 0.221. The average Bonchev–Trinajstić information content (AvgIpc) is 2.55. The minimum atomic E-state index is 0.395. The monoisotopic (exact) mass is 338 g/mol. The first-order valence-electron chi connectivity index (χ1n) is 7.18. The zero-order chi connectivity index (χ0) is 15.4. The fourth-order valence-corrected chi connectivity index (χ4v) is 2.80. The van der Waals surface area contributed by atoms with Gasteiger partial charge in [0.2, 0.25) is 11.8 Å². The molecule has 116 valence electrons. The summed E-state index contributed by atoms with van der Waals surface area (Å²) >= 11 is 11.9. The molecular formula is C15H16Cl2N4O. The number of anilines is 1. The van der Waals surface area contributed by atoms with Gasteiger partial charge >= 0.3 is 0 Å². The molecule has 2 aromatic heterocycles. The molecule has 0 radical (unpaired) electrons. The number of nitrogens with zero attached hydrogens (tertiary/aromatic N) is 4. The van der Waals surface area contributed by atoms with Gasteiger partial charge in [-0.15, -0.1) is 0 Å². The second-order valence-electron chi connectivity index (χ2n) is 5.26. The predicted octanol–water partition coefficient (Wildman–Crippen LogP) is 3.47. The van der Waals surface area contributed by atoms with Crippen LogP contribution in [0, 0.1) is 5.92 Å². The van der Waals surface area contributed by atoms with E-state index in [1.807, 2.05) is 0 Å². The van der Waals surface area contributed by atoms with Crippen LogP contribution in [0.4, 0.5) is 5.95 Å². The summed E-state index contributed by atoms with van der Waals surface area (Å²) in [4.78, 5) is 14.9. The van der Waals surface area contributed by atoms with E-state index in [1.165, 1.54) is 0 Å². The van der Waals surface area contributed by atoms with Gasteiger partial charge in [0, 0.05) is 25.2 Å². The first kappa shape index (κ1) is 15.3. The van der Waals surface area contributed by atoms with E-state index < -0.39 is 0 Å². The Balaban J connectivity index is 1.59. The van der Waals surface area contributed by atoms with Crippen LogP contribution in [0.25, 0.3) is 0 Å². The molecule has 1 saturated heterocycles. The van der Waals surface area contributed by atoms with Crippen molar-refractivity contribution >= 4 is 29.2 Å². The zero-order valence-corrected chi connectivity index (χ0v) is 13.5. The van der Waals surface area contributed by atoms with E-state index in [9.17, 15) is 0 Å². The molecule has 0 spiro atoms. The van der Waals surface area contributed by atoms with Crippen molar-refractivity contribution in [1.82, 2.24) is 15.0 Å².